The molecular formula is C23H30N2O3. The smallest absolute Gasteiger partial charge is 0.216 e. The van der Waals surface area contributed by atoms with Gasteiger partial charge in [0, 0.05) is 45.1 Å². The maximum atomic E-state index is 11.4. The molecule has 0 radical (unpaired) electrons. The highest BCUT2D eigenvalue weighted by atomic mass is 16.6. The van der Waals surface area contributed by atoms with Gasteiger partial charge in [0.25, 0.3) is 0 Å². The van der Waals surface area contributed by atoms with Crippen LogP contribution in [0.15, 0.2) is 60.7 Å². The zero-order valence-corrected chi connectivity index (χ0v) is 16.5. The van der Waals surface area contributed by atoms with Crippen molar-refractivity contribution >= 4 is 5.78 Å². The summed E-state index contributed by atoms with van der Waals surface area (Å²) in [5.41, 5.74) is 2.50. The third-order valence-corrected chi connectivity index (χ3v) is 5.23. The maximum absolute atomic E-state index is 11.4. The van der Waals surface area contributed by atoms with Crippen molar-refractivity contribution in [3.8, 4) is 0 Å². The van der Waals surface area contributed by atoms with Gasteiger partial charge in [-0.05, 0) is 18.1 Å². The van der Waals surface area contributed by atoms with E-state index in [4.69, 9.17) is 4.74 Å². The van der Waals surface area contributed by atoms with Gasteiger partial charge in [0.1, 0.15) is 5.78 Å². The molecule has 0 aromatic heterocycles. The maximum Gasteiger partial charge on any atom is 0.216 e. The van der Waals surface area contributed by atoms with Crippen LogP contribution in [-0.2, 0) is 22.6 Å². The van der Waals surface area contributed by atoms with Crippen LogP contribution in [0, 0.1) is 0 Å². The van der Waals surface area contributed by atoms with Gasteiger partial charge in [-0.1, -0.05) is 60.7 Å². The first kappa shape index (κ1) is 20.7. The fourth-order valence-corrected chi connectivity index (χ4v) is 3.43. The molecule has 2 unspecified atom stereocenters. The number of carbonyl (C=O) groups is 1. The second kappa shape index (κ2) is 10.5. The van der Waals surface area contributed by atoms with Crippen molar-refractivity contribution in [1.29, 1.82) is 0 Å². The quantitative estimate of drug-likeness (QED) is 0.676. The highest BCUT2D eigenvalue weighted by Crippen LogP contribution is 2.15. The van der Waals surface area contributed by atoms with Gasteiger partial charge in [0.15, 0.2) is 0 Å². The van der Waals surface area contributed by atoms with Crippen LogP contribution in [-0.4, -0.2) is 52.8 Å². The lowest BCUT2D eigenvalue weighted by molar-refractivity contribution is -0.203. The summed E-state index contributed by atoms with van der Waals surface area (Å²) in [6, 6.07) is 20.9. The number of hydrogen-bond donors (Lipinski definition) is 1. The lowest BCUT2D eigenvalue weighted by atomic mass is 10.1. The lowest BCUT2D eigenvalue weighted by Gasteiger charge is -2.33. The predicted molar refractivity (Wildman–Crippen MR) is 109 cm³/mol. The molecule has 28 heavy (non-hydrogen) atoms. The number of aliphatic hydroxyl groups excluding tert-OH is 1. The highest BCUT2D eigenvalue weighted by molar-refractivity contribution is 5.79. The summed E-state index contributed by atoms with van der Waals surface area (Å²) >= 11 is 0. The molecule has 0 bridgehead atoms. The monoisotopic (exact) mass is 382 g/mol. The van der Waals surface area contributed by atoms with Gasteiger partial charge in [0.2, 0.25) is 6.41 Å². The lowest BCUT2D eigenvalue weighted by Crippen LogP contribution is -2.45. The normalized spacial score (nSPS) is 17.6. The number of piperidine rings is 1. The van der Waals surface area contributed by atoms with Crippen molar-refractivity contribution in [2.24, 2.45) is 0 Å². The molecule has 1 aliphatic heterocycles. The van der Waals surface area contributed by atoms with E-state index in [0.29, 0.717) is 32.5 Å². The van der Waals surface area contributed by atoms with E-state index in [0.717, 1.165) is 13.1 Å². The average molecular weight is 383 g/mol. The number of benzene rings is 2. The summed E-state index contributed by atoms with van der Waals surface area (Å²) in [5.74, 6) is 0.258. The van der Waals surface area contributed by atoms with Crippen LogP contribution in [0.25, 0.3) is 0 Å². The van der Waals surface area contributed by atoms with Gasteiger partial charge in [-0.25, -0.2) is 0 Å². The molecular weight excluding hydrogens is 352 g/mol. The first-order chi connectivity index (χ1) is 13.6. The van der Waals surface area contributed by atoms with E-state index in [-0.39, 0.29) is 11.8 Å². The van der Waals surface area contributed by atoms with Gasteiger partial charge in [-0.2, -0.15) is 0 Å². The van der Waals surface area contributed by atoms with Crippen LogP contribution in [0.1, 0.15) is 30.9 Å². The van der Waals surface area contributed by atoms with Crippen LogP contribution < -0.4 is 0 Å². The fourth-order valence-electron chi connectivity index (χ4n) is 3.43. The number of aliphatic hydroxyl groups is 1. The third kappa shape index (κ3) is 6.24. The number of likely N-dealkylation sites (tertiary alicyclic amines) is 1. The number of carbonyl (C=O) groups excluding carboxylic acids is 1. The topological polar surface area (TPSA) is 53.0 Å². The van der Waals surface area contributed by atoms with Crippen molar-refractivity contribution in [3.63, 3.8) is 0 Å². The SMILES string of the molecule is CC(COC(O)N1CCC(=O)CC1)N(Cc1ccccc1)Cc1ccccc1. The summed E-state index contributed by atoms with van der Waals surface area (Å²) in [7, 11) is 0. The Morgan fingerprint density at radius 1 is 0.964 bits per heavy atom. The second-order valence-electron chi connectivity index (χ2n) is 7.46. The number of nitrogens with zero attached hydrogens (tertiary/aromatic N) is 2. The molecule has 0 amide bonds. The van der Waals surface area contributed by atoms with Crippen LogP contribution in [0.4, 0.5) is 0 Å². The number of rotatable bonds is 9. The second-order valence-corrected chi connectivity index (χ2v) is 7.46. The number of hydrogen-bond acceptors (Lipinski definition) is 5. The number of Topliss-reactive ketones (excluding diaryl/α,β-unsaturated/α-hetero) is 1. The average Bonchev–Trinajstić information content (AvgIpc) is 2.73. The fraction of sp³-hybridized carbons (Fsp3) is 0.435. The summed E-state index contributed by atoms with van der Waals surface area (Å²) in [5, 5.41) is 10.3. The molecule has 0 aliphatic carbocycles. The molecule has 5 nitrogen and oxygen atoms in total. The van der Waals surface area contributed by atoms with E-state index in [9.17, 15) is 9.90 Å². The minimum absolute atomic E-state index is 0.126. The molecule has 1 heterocycles. The summed E-state index contributed by atoms with van der Waals surface area (Å²) in [4.78, 5) is 15.6. The Balaban J connectivity index is 1.59. The van der Waals surface area contributed by atoms with Gasteiger partial charge in [-0.15, -0.1) is 0 Å². The standard InChI is InChI=1S/C23H30N2O3/c1-19(18-28-23(27)24-14-12-22(26)13-15-24)25(16-20-8-4-2-5-9-20)17-21-10-6-3-7-11-21/h2-11,19,23,27H,12-18H2,1H3. The van der Waals surface area contributed by atoms with Gasteiger partial charge < -0.3 is 9.84 Å². The van der Waals surface area contributed by atoms with Crippen molar-refractivity contribution in [2.45, 2.75) is 45.3 Å². The Hall–Kier alpha value is -2.05. The molecule has 1 fully saturated rings. The third-order valence-electron chi connectivity index (χ3n) is 5.23. The Morgan fingerprint density at radius 2 is 1.46 bits per heavy atom. The predicted octanol–water partition coefficient (Wildman–Crippen LogP) is 3.03. The number of ketones is 1. The van der Waals surface area contributed by atoms with E-state index in [1.54, 1.807) is 0 Å². The van der Waals surface area contributed by atoms with Crippen molar-refractivity contribution in [1.82, 2.24) is 9.80 Å². The van der Waals surface area contributed by atoms with E-state index < -0.39 is 6.41 Å². The zero-order valence-electron chi connectivity index (χ0n) is 16.5. The van der Waals surface area contributed by atoms with Gasteiger partial charge >= 0.3 is 0 Å². The molecule has 2 atom stereocenters. The molecule has 1 N–H and O–H groups in total. The Labute approximate surface area is 167 Å². The first-order valence-electron chi connectivity index (χ1n) is 9.99. The molecule has 1 aliphatic rings. The van der Waals surface area contributed by atoms with E-state index in [1.165, 1.54) is 11.1 Å². The minimum atomic E-state index is -0.953. The van der Waals surface area contributed by atoms with E-state index in [1.807, 2.05) is 17.0 Å². The Kier molecular flexibility index (Phi) is 7.74. The van der Waals surface area contributed by atoms with Crippen molar-refractivity contribution in [3.05, 3.63) is 71.8 Å². The molecule has 0 saturated carbocycles. The largest absolute Gasteiger partial charge is 0.356 e. The highest BCUT2D eigenvalue weighted by Gasteiger charge is 2.24. The summed E-state index contributed by atoms with van der Waals surface area (Å²) in [6.45, 7) is 5.30. The van der Waals surface area contributed by atoms with Gasteiger partial charge in [0.05, 0.1) is 6.61 Å². The zero-order chi connectivity index (χ0) is 19.8. The van der Waals surface area contributed by atoms with E-state index in [2.05, 4.69) is 60.4 Å². The Bertz CT molecular complexity index is 672. The summed E-state index contributed by atoms with van der Waals surface area (Å²) < 4.78 is 5.76. The van der Waals surface area contributed by atoms with Crippen LogP contribution in [0.2, 0.25) is 0 Å². The molecule has 2 aromatic rings. The van der Waals surface area contributed by atoms with Crippen molar-refractivity contribution < 1.29 is 14.6 Å². The number of ether oxygens (including phenoxy) is 1. The molecule has 150 valence electrons. The van der Waals surface area contributed by atoms with Crippen LogP contribution in [0.3, 0.4) is 0 Å². The summed E-state index contributed by atoms with van der Waals surface area (Å²) in [6.07, 6.45) is 0.0275. The minimum Gasteiger partial charge on any atom is -0.356 e. The first-order valence-corrected chi connectivity index (χ1v) is 9.99. The van der Waals surface area contributed by atoms with Crippen LogP contribution >= 0.6 is 0 Å². The molecule has 2 aromatic carbocycles. The molecule has 5 heteroatoms. The van der Waals surface area contributed by atoms with Crippen molar-refractivity contribution in [2.75, 3.05) is 19.7 Å². The molecule has 1 saturated heterocycles. The van der Waals surface area contributed by atoms with Gasteiger partial charge in [-0.3, -0.25) is 14.6 Å². The van der Waals surface area contributed by atoms with E-state index >= 15 is 0 Å². The van der Waals surface area contributed by atoms with Crippen LogP contribution in [0.5, 0.6) is 0 Å². The Morgan fingerprint density at radius 3 is 1.96 bits per heavy atom. The molecule has 0 spiro atoms. The molecule has 3 rings (SSSR count).